The molecule has 102 valence electrons. The third-order valence-corrected chi connectivity index (χ3v) is 3.37. The van der Waals surface area contributed by atoms with E-state index in [1.807, 2.05) is 0 Å². The lowest BCUT2D eigenvalue weighted by molar-refractivity contribution is 0.352. The predicted octanol–water partition coefficient (Wildman–Crippen LogP) is 2.15. The van der Waals surface area contributed by atoms with Crippen molar-refractivity contribution in [2.75, 3.05) is 20.0 Å². The summed E-state index contributed by atoms with van der Waals surface area (Å²) in [5.74, 6) is 1.40. The standard InChI is InChI=1S/C12H14BrN3O3/c1-16-9(14)5-7(15-16)10-11(17)6(13)4-8(18-2)12(10)19-3/h4-5,17H,14H2,1-3H3. The van der Waals surface area contributed by atoms with Gasteiger partial charge in [0.15, 0.2) is 11.5 Å². The summed E-state index contributed by atoms with van der Waals surface area (Å²) < 4.78 is 12.6. The highest BCUT2D eigenvalue weighted by molar-refractivity contribution is 9.10. The van der Waals surface area contributed by atoms with E-state index in [1.165, 1.54) is 18.9 Å². The molecule has 0 amide bonds. The van der Waals surface area contributed by atoms with E-state index in [1.54, 1.807) is 19.2 Å². The molecule has 0 saturated heterocycles. The minimum atomic E-state index is 0.0238. The summed E-state index contributed by atoms with van der Waals surface area (Å²) in [5.41, 5.74) is 6.70. The zero-order valence-corrected chi connectivity index (χ0v) is 12.4. The van der Waals surface area contributed by atoms with Crippen LogP contribution < -0.4 is 15.2 Å². The van der Waals surface area contributed by atoms with Gasteiger partial charge in [-0.05, 0) is 15.9 Å². The lowest BCUT2D eigenvalue weighted by Crippen LogP contribution is -1.97. The lowest BCUT2D eigenvalue weighted by atomic mass is 10.1. The van der Waals surface area contributed by atoms with Crippen molar-refractivity contribution in [2.24, 2.45) is 7.05 Å². The van der Waals surface area contributed by atoms with Gasteiger partial charge in [0.05, 0.1) is 24.3 Å². The Morgan fingerprint density at radius 3 is 2.47 bits per heavy atom. The van der Waals surface area contributed by atoms with Crippen molar-refractivity contribution in [2.45, 2.75) is 0 Å². The van der Waals surface area contributed by atoms with Gasteiger partial charge in [-0.15, -0.1) is 0 Å². The van der Waals surface area contributed by atoms with E-state index < -0.39 is 0 Å². The first-order valence-corrected chi connectivity index (χ1v) is 6.22. The molecule has 0 radical (unpaired) electrons. The Bertz CT molecular complexity index is 606. The van der Waals surface area contributed by atoms with Crippen molar-refractivity contribution in [1.82, 2.24) is 9.78 Å². The van der Waals surface area contributed by atoms with Gasteiger partial charge < -0.3 is 20.3 Å². The molecule has 2 rings (SSSR count). The largest absolute Gasteiger partial charge is 0.506 e. The Morgan fingerprint density at radius 1 is 1.32 bits per heavy atom. The highest BCUT2D eigenvalue weighted by Crippen LogP contribution is 2.47. The Morgan fingerprint density at radius 2 is 2.00 bits per heavy atom. The van der Waals surface area contributed by atoms with E-state index in [-0.39, 0.29) is 5.75 Å². The molecule has 0 saturated carbocycles. The predicted molar refractivity (Wildman–Crippen MR) is 75.5 cm³/mol. The maximum absolute atomic E-state index is 10.2. The number of phenols is 1. The van der Waals surface area contributed by atoms with Crippen molar-refractivity contribution in [3.63, 3.8) is 0 Å². The van der Waals surface area contributed by atoms with Crippen LogP contribution in [0.25, 0.3) is 11.3 Å². The molecule has 2 aromatic rings. The van der Waals surface area contributed by atoms with Crippen molar-refractivity contribution < 1.29 is 14.6 Å². The molecule has 0 aliphatic carbocycles. The van der Waals surface area contributed by atoms with E-state index in [0.717, 1.165) is 0 Å². The fourth-order valence-electron chi connectivity index (χ4n) is 1.79. The SMILES string of the molecule is COc1cc(Br)c(O)c(-c2cc(N)n(C)n2)c1OC. The second kappa shape index (κ2) is 5.00. The normalized spacial score (nSPS) is 10.5. The highest BCUT2D eigenvalue weighted by atomic mass is 79.9. The summed E-state index contributed by atoms with van der Waals surface area (Å²) >= 11 is 3.27. The summed E-state index contributed by atoms with van der Waals surface area (Å²) in [5, 5.41) is 14.5. The van der Waals surface area contributed by atoms with Gasteiger partial charge in [0.2, 0.25) is 0 Å². The first kappa shape index (κ1) is 13.5. The van der Waals surface area contributed by atoms with Crippen LogP contribution in [-0.4, -0.2) is 29.1 Å². The molecule has 0 unspecified atom stereocenters. The number of anilines is 1. The Hall–Kier alpha value is -1.89. The molecule has 0 aliphatic rings. The Kier molecular flexibility index (Phi) is 3.57. The van der Waals surface area contributed by atoms with Crippen LogP contribution in [0.15, 0.2) is 16.6 Å². The van der Waals surface area contributed by atoms with Crippen molar-refractivity contribution in [3.05, 3.63) is 16.6 Å². The molecule has 3 N–H and O–H groups in total. The molecular formula is C12H14BrN3O3. The second-order valence-electron chi connectivity index (χ2n) is 3.90. The quantitative estimate of drug-likeness (QED) is 0.902. The molecule has 0 atom stereocenters. The lowest BCUT2D eigenvalue weighted by Gasteiger charge is -2.14. The van der Waals surface area contributed by atoms with Crippen LogP contribution in [0.1, 0.15) is 0 Å². The summed E-state index contributed by atoms with van der Waals surface area (Å²) in [7, 11) is 4.75. The maximum atomic E-state index is 10.2. The Balaban J connectivity index is 2.76. The van der Waals surface area contributed by atoms with Crippen molar-refractivity contribution in [3.8, 4) is 28.5 Å². The number of nitrogen functional groups attached to an aromatic ring is 1. The molecule has 1 aromatic carbocycles. The number of ether oxygens (including phenoxy) is 2. The van der Waals surface area contributed by atoms with E-state index in [0.29, 0.717) is 33.0 Å². The number of phenolic OH excluding ortho intramolecular Hbond substituents is 1. The first-order chi connectivity index (χ1) is 8.99. The molecule has 19 heavy (non-hydrogen) atoms. The fourth-order valence-corrected chi connectivity index (χ4v) is 2.20. The molecule has 1 aromatic heterocycles. The summed E-state index contributed by atoms with van der Waals surface area (Å²) in [4.78, 5) is 0. The van der Waals surface area contributed by atoms with E-state index in [4.69, 9.17) is 15.2 Å². The van der Waals surface area contributed by atoms with Crippen LogP contribution in [0.5, 0.6) is 17.2 Å². The van der Waals surface area contributed by atoms with Gasteiger partial charge >= 0.3 is 0 Å². The molecule has 0 spiro atoms. The number of aromatic hydroxyl groups is 1. The third-order valence-electron chi connectivity index (χ3n) is 2.77. The minimum absolute atomic E-state index is 0.0238. The van der Waals surface area contributed by atoms with Crippen molar-refractivity contribution >= 4 is 21.7 Å². The van der Waals surface area contributed by atoms with Crippen LogP contribution in [0.2, 0.25) is 0 Å². The number of nitrogens with two attached hydrogens (primary N) is 1. The van der Waals surface area contributed by atoms with Crippen LogP contribution in [-0.2, 0) is 7.05 Å². The van der Waals surface area contributed by atoms with Gasteiger partial charge in [-0.1, -0.05) is 0 Å². The van der Waals surface area contributed by atoms with E-state index in [9.17, 15) is 5.11 Å². The molecule has 0 fully saturated rings. The Labute approximate surface area is 118 Å². The number of aromatic nitrogens is 2. The first-order valence-electron chi connectivity index (χ1n) is 5.43. The zero-order chi connectivity index (χ0) is 14.2. The molecule has 7 heteroatoms. The average Bonchev–Trinajstić information content (AvgIpc) is 2.71. The molecule has 0 bridgehead atoms. The van der Waals surface area contributed by atoms with Crippen molar-refractivity contribution in [1.29, 1.82) is 0 Å². The third kappa shape index (κ3) is 2.21. The van der Waals surface area contributed by atoms with E-state index in [2.05, 4.69) is 21.0 Å². The topological polar surface area (TPSA) is 82.5 Å². The van der Waals surface area contributed by atoms with E-state index >= 15 is 0 Å². The second-order valence-corrected chi connectivity index (χ2v) is 4.75. The summed E-state index contributed by atoms with van der Waals surface area (Å²) in [6, 6.07) is 3.29. The van der Waals surface area contributed by atoms with Crippen LogP contribution in [0.4, 0.5) is 5.82 Å². The number of hydrogen-bond acceptors (Lipinski definition) is 5. The van der Waals surface area contributed by atoms with Crippen LogP contribution in [0.3, 0.4) is 0 Å². The number of nitrogens with zero attached hydrogens (tertiary/aromatic N) is 2. The highest BCUT2D eigenvalue weighted by Gasteiger charge is 2.22. The monoisotopic (exact) mass is 327 g/mol. The van der Waals surface area contributed by atoms with Crippen LogP contribution in [0, 0.1) is 0 Å². The smallest absolute Gasteiger partial charge is 0.174 e. The van der Waals surface area contributed by atoms with Gasteiger partial charge in [-0.3, -0.25) is 4.68 Å². The van der Waals surface area contributed by atoms with Gasteiger partial charge in [0, 0.05) is 19.2 Å². The molecule has 1 heterocycles. The summed E-state index contributed by atoms with van der Waals surface area (Å²) in [6.07, 6.45) is 0. The average molecular weight is 328 g/mol. The number of halogens is 1. The summed E-state index contributed by atoms with van der Waals surface area (Å²) in [6.45, 7) is 0. The number of hydrogen-bond donors (Lipinski definition) is 2. The number of aryl methyl sites for hydroxylation is 1. The number of rotatable bonds is 3. The number of methoxy groups -OCH3 is 2. The van der Waals surface area contributed by atoms with Gasteiger partial charge in [0.1, 0.15) is 17.3 Å². The van der Waals surface area contributed by atoms with Crippen LogP contribution >= 0.6 is 15.9 Å². The number of benzene rings is 1. The molecular weight excluding hydrogens is 314 g/mol. The molecule has 0 aliphatic heterocycles. The maximum Gasteiger partial charge on any atom is 0.174 e. The fraction of sp³-hybridized carbons (Fsp3) is 0.250. The van der Waals surface area contributed by atoms with Gasteiger partial charge in [0.25, 0.3) is 0 Å². The zero-order valence-electron chi connectivity index (χ0n) is 10.8. The van der Waals surface area contributed by atoms with Gasteiger partial charge in [-0.2, -0.15) is 5.10 Å². The van der Waals surface area contributed by atoms with Gasteiger partial charge in [-0.25, -0.2) is 0 Å². The minimum Gasteiger partial charge on any atom is -0.506 e. The molecule has 6 nitrogen and oxygen atoms in total.